The average Bonchev–Trinajstić information content (AvgIpc) is 2.69. The first-order valence-electron chi connectivity index (χ1n) is 5.39. The lowest BCUT2D eigenvalue weighted by Gasteiger charge is -2.14. The number of nitrogens with zero attached hydrogens (tertiary/aromatic N) is 3. The molecule has 0 saturated carbocycles. The van der Waals surface area contributed by atoms with Gasteiger partial charge in [0.2, 0.25) is 0 Å². The van der Waals surface area contributed by atoms with Gasteiger partial charge in [0.25, 0.3) is 6.43 Å². The standard InChI is InChI=1S/C11H10ClF2N3O2/c1-5(18)6(2)19-8-4-17-11(7(12)3-15-17)16-9(8)10(13)14/h3-4,6,10H,1-2H3. The van der Waals surface area contributed by atoms with Crippen molar-refractivity contribution in [2.75, 3.05) is 0 Å². The van der Waals surface area contributed by atoms with Gasteiger partial charge in [-0.05, 0) is 13.8 Å². The van der Waals surface area contributed by atoms with E-state index in [1.807, 2.05) is 0 Å². The van der Waals surface area contributed by atoms with E-state index in [-0.39, 0.29) is 22.2 Å². The molecule has 8 heteroatoms. The summed E-state index contributed by atoms with van der Waals surface area (Å²) in [5, 5.41) is 4.00. The SMILES string of the molecule is CC(=O)C(C)Oc1cn2ncc(Cl)c2nc1C(F)F. The van der Waals surface area contributed by atoms with E-state index in [0.29, 0.717) is 0 Å². The molecule has 0 aliphatic rings. The molecule has 2 aromatic rings. The van der Waals surface area contributed by atoms with Crippen LogP contribution in [0.4, 0.5) is 8.78 Å². The summed E-state index contributed by atoms with van der Waals surface area (Å²) < 4.78 is 32.3. The Balaban J connectivity index is 2.51. The number of carbonyl (C=O) groups excluding carboxylic acids is 1. The number of hydrogen-bond acceptors (Lipinski definition) is 4. The monoisotopic (exact) mass is 289 g/mol. The first-order chi connectivity index (χ1) is 8.90. The number of Topliss-reactive ketones (excluding diaryl/α,β-unsaturated/α-hetero) is 1. The number of ketones is 1. The van der Waals surface area contributed by atoms with Gasteiger partial charge in [-0.1, -0.05) is 11.6 Å². The Labute approximate surface area is 112 Å². The van der Waals surface area contributed by atoms with Crippen LogP contribution in [-0.2, 0) is 4.79 Å². The van der Waals surface area contributed by atoms with Gasteiger partial charge in [-0.15, -0.1) is 0 Å². The number of alkyl halides is 2. The van der Waals surface area contributed by atoms with Crippen LogP contribution in [0.5, 0.6) is 5.75 Å². The molecule has 0 fully saturated rings. The van der Waals surface area contributed by atoms with E-state index < -0.39 is 18.2 Å². The van der Waals surface area contributed by atoms with Crippen LogP contribution in [0.1, 0.15) is 26.0 Å². The predicted molar refractivity (Wildman–Crippen MR) is 63.7 cm³/mol. The fourth-order valence-electron chi connectivity index (χ4n) is 1.40. The fraction of sp³-hybridized carbons (Fsp3) is 0.364. The molecule has 0 aromatic carbocycles. The van der Waals surface area contributed by atoms with E-state index in [0.717, 1.165) is 0 Å². The third-order valence-corrected chi connectivity index (χ3v) is 2.79. The summed E-state index contributed by atoms with van der Waals surface area (Å²) in [5.74, 6) is -0.469. The zero-order valence-electron chi connectivity index (χ0n) is 10.1. The predicted octanol–water partition coefficient (Wildman–Crippen LogP) is 2.68. The smallest absolute Gasteiger partial charge is 0.284 e. The van der Waals surface area contributed by atoms with Gasteiger partial charge in [0.1, 0.15) is 5.02 Å². The third-order valence-electron chi connectivity index (χ3n) is 2.53. The van der Waals surface area contributed by atoms with Gasteiger partial charge in [-0.25, -0.2) is 18.3 Å². The van der Waals surface area contributed by atoms with Crippen LogP contribution in [0.25, 0.3) is 5.65 Å². The first-order valence-corrected chi connectivity index (χ1v) is 5.77. The Hall–Kier alpha value is -1.76. The van der Waals surface area contributed by atoms with Crippen molar-refractivity contribution in [3.8, 4) is 5.75 Å². The van der Waals surface area contributed by atoms with E-state index in [1.54, 1.807) is 0 Å². The molecule has 1 unspecified atom stereocenters. The van der Waals surface area contributed by atoms with Crippen molar-refractivity contribution >= 4 is 23.0 Å². The van der Waals surface area contributed by atoms with Crippen molar-refractivity contribution in [3.05, 3.63) is 23.1 Å². The van der Waals surface area contributed by atoms with Crippen molar-refractivity contribution in [1.29, 1.82) is 0 Å². The Bertz CT molecular complexity index is 630. The lowest BCUT2D eigenvalue weighted by atomic mass is 10.3. The molecule has 0 spiro atoms. The highest BCUT2D eigenvalue weighted by Crippen LogP contribution is 2.29. The Morgan fingerprint density at radius 2 is 2.21 bits per heavy atom. The maximum absolute atomic E-state index is 12.9. The lowest BCUT2D eigenvalue weighted by Crippen LogP contribution is -2.22. The average molecular weight is 290 g/mol. The minimum absolute atomic E-state index is 0.111. The molecular weight excluding hydrogens is 280 g/mol. The van der Waals surface area contributed by atoms with Gasteiger partial charge in [0.05, 0.1) is 12.4 Å². The molecule has 0 saturated heterocycles. The summed E-state index contributed by atoms with van der Waals surface area (Å²) in [6.45, 7) is 2.78. The molecule has 19 heavy (non-hydrogen) atoms. The highest BCUT2D eigenvalue weighted by atomic mass is 35.5. The van der Waals surface area contributed by atoms with Gasteiger partial charge in [0.15, 0.2) is 29.0 Å². The van der Waals surface area contributed by atoms with Crippen LogP contribution in [0.2, 0.25) is 5.02 Å². The minimum atomic E-state index is -2.84. The normalized spacial score (nSPS) is 12.9. The van der Waals surface area contributed by atoms with E-state index in [4.69, 9.17) is 16.3 Å². The number of hydrogen-bond donors (Lipinski definition) is 0. The van der Waals surface area contributed by atoms with Crippen LogP contribution in [0, 0.1) is 0 Å². The molecule has 2 heterocycles. The maximum atomic E-state index is 12.9. The summed E-state index contributed by atoms with van der Waals surface area (Å²) in [7, 11) is 0. The molecule has 2 aromatic heterocycles. The molecule has 0 radical (unpaired) electrons. The molecular formula is C11H10ClF2N3O2. The zero-order valence-corrected chi connectivity index (χ0v) is 10.9. The molecule has 102 valence electrons. The van der Waals surface area contributed by atoms with Gasteiger partial charge in [-0.3, -0.25) is 4.79 Å². The van der Waals surface area contributed by atoms with Crippen LogP contribution in [0.3, 0.4) is 0 Å². The summed E-state index contributed by atoms with van der Waals surface area (Å²) in [5.41, 5.74) is -0.456. The summed E-state index contributed by atoms with van der Waals surface area (Å²) in [4.78, 5) is 14.8. The molecule has 0 aliphatic heterocycles. The number of carbonyl (C=O) groups is 1. The van der Waals surface area contributed by atoms with Crippen LogP contribution in [-0.4, -0.2) is 26.5 Å². The Kier molecular flexibility index (Phi) is 3.66. The second kappa shape index (κ2) is 5.08. The number of aromatic nitrogens is 3. The van der Waals surface area contributed by atoms with Crippen LogP contribution >= 0.6 is 11.6 Å². The van der Waals surface area contributed by atoms with Crippen LogP contribution < -0.4 is 4.74 Å². The van der Waals surface area contributed by atoms with E-state index in [2.05, 4.69) is 10.1 Å². The van der Waals surface area contributed by atoms with Crippen molar-refractivity contribution in [2.45, 2.75) is 26.4 Å². The second-order valence-corrected chi connectivity index (χ2v) is 4.33. The third kappa shape index (κ3) is 2.65. The first kappa shape index (κ1) is 13.7. The quantitative estimate of drug-likeness (QED) is 0.868. The molecule has 0 bridgehead atoms. The second-order valence-electron chi connectivity index (χ2n) is 3.92. The Morgan fingerprint density at radius 3 is 2.79 bits per heavy atom. The highest BCUT2D eigenvalue weighted by molar-refractivity contribution is 6.33. The molecule has 0 N–H and O–H groups in total. The molecule has 0 amide bonds. The topological polar surface area (TPSA) is 56.5 Å². The number of halogens is 3. The van der Waals surface area contributed by atoms with Gasteiger partial charge < -0.3 is 4.74 Å². The van der Waals surface area contributed by atoms with Crippen LogP contribution in [0.15, 0.2) is 12.4 Å². The minimum Gasteiger partial charge on any atom is -0.479 e. The van der Waals surface area contributed by atoms with Crippen molar-refractivity contribution in [1.82, 2.24) is 14.6 Å². The van der Waals surface area contributed by atoms with E-state index in [1.165, 1.54) is 30.8 Å². The largest absolute Gasteiger partial charge is 0.479 e. The summed E-state index contributed by atoms with van der Waals surface area (Å²) in [6.07, 6.45) is -1.17. The van der Waals surface area contributed by atoms with E-state index >= 15 is 0 Å². The number of fused-ring (bicyclic) bond motifs is 1. The lowest BCUT2D eigenvalue weighted by molar-refractivity contribution is -0.123. The molecule has 2 rings (SSSR count). The fourth-order valence-corrected chi connectivity index (χ4v) is 1.57. The van der Waals surface area contributed by atoms with Crippen molar-refractivity contribution in [2.24, 2.45) is 0 Å². The Morgan fingerprint density at radius 1 is 1.53 bits per heavy atom. The molecule has 1 atom stereocenters. The molecule has 5 nitrogen and oxygen atoms in total. The molecule has 0 aliphatic carbocycles. The zero-order chi connectivity index (χ0) is 14.2. The van der Waals surface area contributed by atoms with E-state index in [9.17, 15) is 13.6 Å². The van der Waals surface area contributed by atoms with Gasteiger partial charge >= 0.3 is 0 Å². The number of rotatable bonds is 4. The highest BCUT2D eigenvalue weighted by Gasteiger charge is 2.22. The van der Waals surface area contributed by atoms with Crippen molar-refractivity contribution < 1.29 is 18.3 Å². The summed E-state index contributed by atoms with van der Waals surface area (Å²) in [6, 6.07) is 0. The van der Waals surface area contributed by atoms with Gasteiger partial charge in [-0.2, -0.15) is 5.10 Å². The maximum Gasteiger partial charge on any atom is 0.284 e. The van der Waals surface area contributed by atoms with Gasteiger partial charge in [0, 0.05) is 0 Å². The van der Waals surface area contributed by atoms with Crippen molar-refractivity contribution in [3.63, 3.8) is 0 Å². The number of ether oxygens (including phenoxy) is 1. The summed E-state index contributed by atoms with van der Waals surface area (Å²) >= 11 is 5.77.